The molecule has 0 aromatic heterocycles. The first-order chi connectivity index (χ1) is 6.56. The molecule has 0 saturated heterocycles. The lowest BCUT2D eigenvalue weighted by Gasteiger charge is -2.07. The van der Waals surface area contributed by atoms with Crippen molar-refractivity contribution in [2.45, 2.75) is 6.42 Å². The number of carbonyl (C=O) groups excluding carboxylic acids is 1. The number of esters is 1. The molecule has 0 unspecified atom stereocenters. The molecule has 2 nitrogen and oxygen atoms in total. The highest BCUT2D eigenvalue weighted by atomic mass is 127. The number of ether oxygens (including phenoxy) is 1. The molecule has 5 heteroatoms. The van der Waals surface area contributed by atoms with Crippen LogP contribution in [-0.2, 0) is 16.0 Å². The number of carbonyl (C=O) groups is 1. The Balaban J connectivity index is 3.06. The van der Waals surface area contributed by atoms with Crippen LogP contribution in [0.25, 0.3) is 0 Å². The quantitative estimate of drug-likeness (QED) is 0.440. The van der Waals surface area contributed by atoms with E-state index >= 15 is 0 Å². The first-order valence-corrected chi connectivity index (χ1v) is 6.00. The molecule has 1 aromatic rings. The number of rotatable bonds is 2. The second kappa shape index (κ2) is 5.32. The fourth-order valence-corrected chi connectivity index (χ4v) is 2.35. The van der Waals surface area contributed by atoms with E-state index in [2.05, 4.69) is 43.3 Å². The Kier molecular flexibility index (Phi) is 4.66. The fourth-order valence-electron chi connectivity index (χ4n) is 0.948. The standard InChI is InChI=1S/C9H7BrClIO2/c1-14-8(13)4-5-7(12)3-2-6(10)9(5)11/h2-3H,4H2,1H3. The Bertz CT molecular complexity index is 368. The van der Waals surface area contributed by atoms with Crippen molar-refractivity contribution < 1.29 is 9.53 Å². The zero-order chi connectivity index (χ0) is 10.7. The minimum Gasteiger partial charge on any atom is -0.469 e. The van der Waals surface area contributed by atoms with Crippen molar-refractivity contribution >= 4 is 56.1 Å². The van der Waals surface area contributed by atoms with E-state index in [0.29, 0.717) is 5.02 Å². The van der Waals surface area contributed by atoms with E-state index in [1.165, 1.54) is 7.11 Å². The average Bonchev–Trinajstić information content (AvgIpc) is 2.18. The lowest BCUT2D eigenvalue weighted by molar-refractivity contribution is -0.139. The highest BCUT2D eigenvalue weighted by Gasteiger charge is 2.12. The molecule has 0 amide bonds. The second-order valence-corrected chi connectivity index (χ2v) is 4.97. The van der Waals surface area contributed by atoms with Crippen molar-refractivity contribution in [3.8, 4) is 0 Å². The van der Waals surface area contributed by atoms with Crippen molar-refractivity contribution in [1.29, 1.82) is 0 Å². The van der Waals surface area contributed by atoms with Gasteiger partial charge in [-0.3, -0.25) is 4.79 Å². The van der Waals surface area contributed by atoms with Crippen LogP contribution >= 0.6 is 50.1 Å². The molecule has 0 radical (unpaired) electrons. The van der Waals surface area contributed by atoms with E-state index in [1.54, 1.807) is 0 Å². The van der Waals surface area contributed by atoms with Crippen molar-refractivity contribution in [3.63, 3.8) is 0 Å². The van der Waals surface area contributed by atoms with Gasteiger partial charge >= 0.3 is 5.97 Å². The van der Waals surface area contributed by atoms with Gasteiger partial charge in [0.2, 0.25) is 0 Å². The van der Waals surface area contributed by atoms with Gasteiger partial charge in [-0.1, -0.05) is 11.6 Å². The highest BCUT2D eigenvalue weighted by Crippen LogP contribution is 2.30. The molecule has 0 bridgehead atoms. The molecule has 0 N–H and O–H groups in total. The van der Waals surface area contributed by atoms with Gasteiger partial charge in [-0.2, -0.15) is 0 Å². The van der Waals surface area contributed by atoms with Crippen molar-refractivity contribution in [2.75, 3.05) is 7.11 Å². The van der Waals surface area contributed by atoms with Crippen LogP contribution in [0.4, 0.5) is 0 Å². The Morgan fingerprint density at radius 3 is 2.86 bits per heavy atom. The first kappa shape index (κ1) is 12.3. The molecular formula is C9H7BrClIO2. The predicted octanol–water partition coefficient (Wildman–Crippen LogP) is 3.42. The summed E-state index contributed by atoms with van der Waals surface area (Å²) in [5.41, 5.74) is 0.800. The Labute approximate surface area is 109 Å². The van der Waals surface area contributed by atoms with Crippen LogP contribution < -0.4 is 0 Å². The molecule has 0 saturated carbocycles. The van der Waals surface area contributed by atoms with Crippen LogP contribution in [0.1, 0.15) is 5.56 Å². The van der Waals surface area contributed by atoms with Crippen LogP contribution in [0, 0.1) is 3.57 Å². The summed E-state index contributed by atoms with van der Waals surface area (Å²) < 4.78 is 6.34. The lowest BCUT2D eigenvalue weighted by Crippen LogP contribution is -2.06. The molecule has 0 heterocycles. The van der Waals surface area contributed by atoms with Crippen LogP contribution in [0.15, 0.2) is 16.6 Å². The number of hydrogen-bond donors (Lipinski definition) is 0. The maximum absolute atomic E-state index is 11.1. The van der Waals surface area contributed by atoms with Gasteiger partial charge in [-0.15, -0.1) is 0 Å². The van der Waals surface area contributed by atoms with Gasteiger partial charge in [-0.25, -0.2) is 0 Å². The molecule has 0 aliphatic rings. The molecule has 1 rings (SSSR count). The van der Waals surface area contributed by atoms with Crippen LogP contribution in [0.5, 0.6) is 0 Å². The summed E-state index contributed by atoms with van der Waals surface area (Å²) in [7, 11) is 1.36. The van der Waals surface area contributed by atoms with Crippen LogP contribution in [0.2, 0.25) is 5.02 Å². The van der Waals surface area contributed by atoms with Crippen LogP contribution in [-0.4, -0.2) is 13.1 Å². The third-order valence-corrected chi connectivity index (χ3v) is 4.02. The minimum absolute atomic E-state index is 0.201. The van der Waals surface area contributed by atoms with E-state index in [1.807, 2.05) is 12.1 Å². The van der Waals surface area contributed by atoms with Gasteiger partial charge in [0, 0.05) is 8.04 Å². The summed E-state index contributed by atoms with van der Waals surface area (Å²) in [6.45, 7) is 0. The van der Waals surface area contributed by atoms with Gasteiger partial charge in [0.1, 0.15) is 0 Å². The molecule has 0 aliphatic heterocycles. The molecule has 0 spiro atoms. The van der Waals surface area contributed by atoms with E-state index in [9.17, 15) is 4.79 Å². The van der Waals surface area contributed by atoms with Gasteiger partial charge in [0.25, 0.3) is 0 Å². The zero-order valence-corrected chi connectivity index (χ0v) is 11.8. The van der Waals surface area contributed by atoms with E-state index in [0.717, 1.165) is 13.6 Å². The normalized spacial score (nSPS) is 10.0. The number of hydrogen-bond acceptors (Lipinski definition) is 2. The van der Waals surface area contributed by atoms with Gasteiger partial charge < -0.3 is 4.74 Å². The molecule has 0 atom stereocenters. The maximum atomic E-state index is 11.1. The molecule has 1 aromatic carbocycles. The Hall–Kier alpha value is 0.190. The first-order valence-electron chi connectivity index (χ1n) is 3.75. The highest BCUT2D eigenvalue weighted by molar-refractivity contribution is 14.1. The summed E-state index contributed by atoms with van der Waals surface area (Å²) in [4.78, 5) is 11.1. The van der Waals surface area contributed by atoms with E-state index in [4.69, 9.17) is 11.6 Å². The largest absolute Gasteiger partial charge is 0.469 e. The fraction of sp³-hybridized carbons (Fsp3) is 0.222. The zero-order valence-electron chi connectivity index (χ0n) is 7.31. The summed E-state index contributed by atoms with van der Waals surface area (Å²) >= 11 is 11.5. The van der Waals surface area contributed by atoms with E-state index < -0.39 is 0 Å². The summed E-state index contributed by atoms with van der Waals surface area (Å²) in [5.74, 6) is -0.289. The predicted molar refractivity (Wildman–Crippen MR) is 67.6 cm³/mol. The average molecular weight is 389 g/mol. The number of halogens is 3. The molecule has 14 heavy (non-hydrogen) atoms. The molecule has 76 valence electrons. The van der Waals surface area contributed by atoms with Crippen molar-refractivity contribution in [3.05, 3.63) is 30.8 Å². The molecule has 0 aliphatic carbocycles. The minimum atomic E-state index is -0.289. The van der Waals surface area contributed by atoms with Crippen molar-refractivity contribution in [2.24, 2.45) is 0 Å². The molecule has 0 fully saturated rings. The smallest absolute Gasteiger partial charge is 0.310 e. The Morgan fingerprint density at radius 2 is 2.29 bits per heavy atom. The number of benzene rings is 1. The Morgan fingerprint density at radius 1 is 1.64 bits per heavy atom. The van der Waals surface area contributed by atoms with Crippen LogP contribution in [0.3, 0.4) is 0 Å². The third-order valence-electron chi connectivity index (χ3n) is 1.69. The topological polar surface area (TPSA) is 26.3 Å². The van der Waals surface area contributed by atoms with Gasteiger partial charge in [0.05, 0.1) is 18.6 Å². The lowest BCUT2D eigenvalue weighted by atomic mass is 10.1. The maximum Gasteiger partial charge on any atom is 0.310 e. The van der Waals surface area contributed by atoms with Gasteiger partial charge in [0.15, 0.2) is 0 Å². The monoisotopic (exact) mass is 388 g/mol. The summed E-state index contributed by atoms with van der Waals surface area (Å²) in [6.07, 6.45) is 0.201. The summed E-state index contributed by atoms with van der Waals surface area (Å²) in [5, 5.41) is 0.572. The SMILES string of the molecule is COC(=O)Cc1c(I)ccc(Br)c1Cl. The van der Waals surface area contributed by atoms with Crippen molar-refractivity contribution in [1.82, 2.24) is 0 Å². The third kappa shape index (κ3) is 2.84. The molecular weight excluding hydrogens is 382 g/mol. The second-order valence-electron chi connectivity index (χ2n) is 2.57. The van der Waals surface area contributed by atoms with Gasteiger partial charge in [-0.05, 0) is 56.2 Å². The summed E-state index contributed by atoms with van der Waals surface area (Å²) in [6, 6.07) is 3.75. The number of methoxy groups -OCH3 is 1. The van der Waals surface area contributed by atoms with E-state index in [-0.39, 0.29) is 12.4 Å².